The first-order valence-electron chi connectivity index (χ1n) is 8.38. The number of hydrogen-bond acceptors (Lipinski definition) is 5. The predicted octanol–water partition coefficient (Wildman–Crippen LogP) is 2.55. The normalized spacial score (nSPS) is 18.3. The smallest absolute Gasteiger partial charge is 0.408 e. The van der Waals surface area contributed by atoms with Crippen molar-refractivity contribution in [2.75, 3.05) is 6.54 Å². The Labute approximate surface area is 148 Å². The summed E-state index contributed by atoms with van der Waals surface area (Å²) >= 11 is 0. The van der Waals surface area contributed by atoms with Gasteiger partial charge in [0.2, 0.25) is 5.91 Å². The summed E-state index contributed by atoms with van der Waals surface area (Å²) in [5, 5.41) is 11.9. The fraction of sp³-hybridized carbons (Fsp3) is 0.556. The highest BCUT2D eigenvalue weighted by Gasteiger charge is 2.31. The van der Waals surface area contributed by atoms with Crippen molar-refractivity contribution in [3.8, 4) is 6.07 Å². The first kappa shape index (κ1) is 18.7. The molecule has 0 spiro atoms. The Morgan fingerprint density at radius 3 is 2.88 bits per heavy atom. The molecule has 0 aromatic carbocycles. The van der Waals surface area contributed by atoms with Crippen LogP contribution in [0.2, 0.25) is 0 Å². The summed E-state index contributed by atoms with van der Waals surface area (Å²) in [6.07, 6.45) is 4.22. The molecule has 0 aliphatic carbocycles. The maximum Gasteiger partial charge on any atom is 0.408 e. The highest BCUT2D eigenvalue weighted by atomic mass is 16.6. The number of alkyl carbamates (subject to hydrolysis) is 1. The molecular weight excluding hydrogens is 320 g/mol. The lowest BCUT2D eigenvalue weighted by atomic mass is 10.0. The molecule has 1 fully saturated rings. The average molecular weight is 344 g/mol. The lowest BCUT2D eigenvalue weighted by molar-refractivity contribution is -0.131. The largest absolute Gasteiger partial charge is 0.444 e. The van der Waals surface area contributed by atoms with Gasteiger partial charge in [-0.25, -0.2) is 4.79 Å². The number of carbonyl (C=O) groups is 2. The van der Waals surface area contributed by atoms with E-state index in [1.807, 2.05) is 0 Å². The van der Waals surface area contributed by atoms with E-state index in [9.17, 15) is 9.59 Å². The van der Waals surface area contributed by atoms with Crippen LogP contribution in [-0.4, -0.2) is 40.1 Å². The molecule has 1 aromatic heterocycles. The molecule has 1 saturated heterocycles. The summed E-state index contributed by atoms with van der Waals surface area (Å²) in [5.41, 5.74) is 0.0865. The Hall–Kier alpha value is -2.62. The molecule has 0 radical (unpaired) electrons. The van der Waals surface area contributed by atoms with Crippen LogP contribution in [-0.2, 0) is 9.53 Å². The van der Waals surface area contributed by atoms with Gasteiger partial charge in [0, 0.05) is 18.9 Å². The van der Waals surface area contributed by atoms with Gasteiger partial charge < -0.3 is 15.0 Å². The van der Waals surface area contributed by atoms with Gasteiger partial charge in [0.25, 0.3) is 0 Å². The summed E-state index contributed by atoms with van der Waals surface area (Å²) in [4.78, 5) is 30.4. The standard InChI is InChI=1S/C18H24N4O3/c1-18(2,3)25-17(24)21-15(13-6-4-8-20-12-13)10-16(23)22-9-5-7-14(22)11-19/h4,6,8,12,14-15H,5,7,9-10H2,1-3H3,(H,21,24). The van der Waals surface area contributed by atoms with Crippen molar-refractivity contribution in [1.29, 1.82) is 5.26 Å². The van der Waals surface area contributed by atoms with Crippen LogP contribution in [0.5, 0.6) is 0 Å². The molecule has 7 nitrogen and oxygen atoms in total. The number of nitrogens with zero attached hydrogens (tertiary/aromatic N) is 3. The van der Waals surface area contributed by atoms with Crippen LogP contribution in [0.1, 0.15) is 51.6 Å². The molecule has 134 valence electrons. The Morgan fingerprint density at radius 1 is 1.52 bits per heavy atom. The number of nitriles is 1. The number of nitrogens with one attached hydrogen (secondary N) is 1. The number of rotatable bonds is 4. The number of likely N-dealkylation sites (tertiary alicyclic amines) is 1. The third kappa shape index (κ3) is 5.45. The molecular formula is C18H24N4O3. The number of aromatic nitrogens is 1. The summed E-state index contributed by atoms with van der Waals surface area (Å²) in [6.45, 7) is 5.90. The molecule has 1 N–H and O–H groups in total. The van der Waals surface area contributed by atoms with E-state index in [-0.39, 0.29) is 18.4 Å². The quantitative estimate of drug-likeness (QED) is 0.905. The molecule has 2 atom stereocenters. The number of amides is 2. The zero-order chi connectivity index (χ0) is 18.4. The second-order valence-corrected chi connectivity index (χ2v) is 7.06. The summed E-state index contributed by atoms with van der Waals surface area (Å²) < 4.78 is 5.29. The molecule has 2 amide bonds. The van der Waals surface area contributed by atoms with Crippen LogP contribution < -0.4 is 5.32 Å². The Bertz CT molecular complexity index is 649. The lowest BCUT2D eigenvalue weighted by Crippen LogP contribution is -2.40. The lowest BCUT2D eigenvalue weighted by Gasteiger charge is -2.26. The zero-order valence-corrected chi connectivity index (χ0v) is 14.9. The minimum atomic E-state index is -0.631. The van der Waals surface area contributed by atoms with Crippen molar-refractivity contribution < 1.29 is 14.3 Å². The summed E-state index contributed by atoms with van der Waals surface area (Å²) in [7, 11) is 0. The maximum atomic E-state index is 12.6. The topological polar surface area (TPSA) is 95.3 Å². The average Bonchev–Trinajstić information content (AvgIpc) is 3.02. The van der Waals surface area contributed by atoms with Gasteiger partial charge in [-0.15, -0.1) is 0 Å². The first-order valence-corrected chi connectivity index (χ1v) is 8.38. The van der Waals surface area contributed by atoms with Gasteiger partial charge in [0.15, 0.2) is 0 Å². The molecule has 0 saturated carbocycles. The Morgan fingerprint density at radius 2 is 2.28 bits per heavy atom. The van der Waals surface area contributed by atoms with Crippen LogP contribution >= 0.6 is 0 Å². The number of ether oxygens (including phenoxy) is 1. The Balaban J connectivity index is 2.11. The maximum absolute atomic E-state index is 12.6. The van der Waals surface area contributed by atoms with Crippen LogP contribution in [0.4, 0.5) is 4.79 Å². The van der Waals surface area contributed by atoms with Gasteiger partial charge >= 0.3 is 6.09 Å². The molecule has 2 rings (SSSR count). The van der Waals surface area contributed by atoms with Crippen molar-refractivity contribution in [3.05, 3.63) is 30.1 Å². The van der Waals surface area contributed by atoms with Crippen molar-refractivity contribution >= 4 is 12.0 Å². The third-order valence-electron chi connectivity index (χ3n) is 3.88. The van der Waals surface area contributed by atoms with Gasteiger partial charge in [0.1, 0.15) is 11.6 Å². The number of carbonyl (C=O) groups excluding carboxylic acids is 2. The van der Waals surface area contributed by atoms with Crippen molar-refractivity contribution in [3.63, 3.8) is 0 Å². The van der Waals surface area contributed by atoms with Gasteiger partial charge in [-0.3, -0.25) is 9.78 Å². The number of pyridine rings is 1. The molecule has 2 unspecified atom stereocenters. The van der Waals surface area contributed by atoms with E-state index in [4.69, 9.17) is 10.00 Å². The second-order valence-electron chi connectivity index (χ2n) is 7.06. The van der Waals surface area contributed by atoms with Gasteiger partial charge in [-0.05, 0) is 45.2 Å². The zero-order valence-electron chi connectivity index (χ0n) is 14.9. The van der Waals surface area contributed by atoms with Gasteiger partial charge in [0.05, 0.1) is 18.5 Å². The minimum Gasteiger partial charge on any atom is -0.444 e. The molecule has 0 bridgehead atoms. The van der Waals surface area contributed by atoms with Gasteiger partial charge in [-0.2, -0.15) is 5.26 Å². The highest BCUT2D eigenvalue weighted by Crippen LogP contribution is 2.23. The summed E-state index contributed by atoms with van der Waals surface area (Å²) in [5.74, 6) is -0.158. The molecule has 1 aromatic rings. The minimum absolute atomic E-state index is 0.0586. The van der Waals surface area contributed by atoms with E-state index < -0.39 is 17.7 Å². The monoisotopic (exact) mass is 344 g/mol. The van der Waals surface area contributed by atoms with E-state index in [1.165, 1.54) is 0 Å². The Kier molecular flexibility index (Phi) is 5.97. The van der Waals surface area contributed by atoms with Crippen LogP contribution in [0.15, 0.2) is 24.5 Å². The van der Waals surface area contributed by atoms with Crippen molar-refractivity contribution in [2.45, 2.75) is 57.7 Å². The molecule has 1 aliphatic rings. The molecule has 25 heavy (non-hydrogen) atoms. The number of hydrogen-bond donors (Lipinski definition) is 1. The molecule has 1 aliphatic heterocycles. The molecule has 7 heteroatoms. The summed E-state index contributed by atoms with van der Waals surface area (Å²) in [6, 6.07) is 4.76. The van der Waals surface area contributed by atoms with Crippen molar-refractivity contribution in [2.24, 2.45) is 0 Å². The van der Waals surface area contributed by atoms with Crippen LogP contribution in [0.3, 0.4) is 0 Å². The van der Waals surface area contributed by atoms with E-state index in [0.29, 0.717) is 13.0 Å². The predicted molar refractivity (Wildman–Crippen MR) is 91.3 cm³/mol. The third-order valence-corrected chi connectivity index (χ3v) is 3.88. The van der Waals surface area contributed by atoms with Crippen molar-refractivity contribution in [1.82, 2.24) is 15.2 Å². The fourth-order valence-electron chi connectivity index (χ4n) is 2.78. The van der Waals surface area contributed by atoms with E-state index in [2.05, 4.69) is 16.4 Å². The van der Waals surface area contributed by atoms with Crippen LogP contribution in [0.25, 0.3) is 0 Å². The van der Waals surface area contributed by atoms with Crippen LogP contribution in [0, 0.1) is 11.3 Å². The first-order chi connectivity index (χ1) is 11.8. The fourth-order valence-corrected chi connectivity index (χ4v) is 2.78. The van der Waals surface area contributed by atoms with Gasteiger partial charge in [-0.1, -0.05) is 6.07 Å². The van der Waals surface area contributed by atoms with E-state index in [1.54, 1.807) is 50.2 Å². The SMILES string of the molecule is CC(C)(C)OC(=O)NC(CC(=O)N1CCCC1C#N)c1cccnc1. The van der Waals surface area contributed by atoms with E-state index >= 15 is 0 Å². The molecule has 2 heterocycles. The van der Waals surface area contributed by atoms with E-state index in [0.717, 1.165) is 12.0 Å². The highest BCUT2D eigenvalue weighted by molar-refractivity contribution is 5.79. The second kappa shape index (κ2) is 7.97.